The van der Waals surface area contributed by atoms with Crippen LogP contribution in [0.15, 0.2) is 88.6 Å². The third kappa shape index (κ3) is 4.98. The van der Waals surface area contributed by atoms with Gasteiger partial charge < -0.3 is 19.5 Å². The standard InChI is InChI=1S/C31H31NO5S/c1-19-27(31(34)37-15-14-20-9-5-4-6-10-20)28(22-11-7-12-25(35-2)30(22)36-3)29-23(32-19)17-21(18-24(29)33)26-13-8-16-38-26/h4-13,16,21,28,32H,14-15,17-18H2,1-3H3/t21-,28-/m1/s1. The lowest BCUT2D eigenvalue weighted by atomic mass is 9.72. The highest BCUT2D eigenvalue weighted by Crippen LogP contribution is 2.49. The van der Waals surface area contributed by atoms with Crippen LogP contribution in [0.5, 0.6) is 11.5 Å². The van der Waals surface area contributed by atoms with Gasteiger partial charge in [-0.05, 0) is 36.4 Å². The van der Waals surface area contributed by atoms with Crippen LogP contribution >= 0.6 is 11.3 Å². The van der Waals surface area contributed by atoms with Gasteiger partial charge >= 0.3 is 5.97 Å². The highest BCUT2D eigenvalue weighted by atomic mass is 32.1. The number of dihydropyridines is 1. The van der Waals surface area contributed by atoms with Gasteiger partial charge in [-0.25, -0.2) is 4.79 Å². The van der Waals surface area contributed by atoms with E-state index in [1.165, 1.54) is 4.88 Å². The van der Waals surface area contributed by atoms with Crippen molar-refractivity contribution in [3.05, 3.63) is 105 Å². The summed E-state index contributed by atoms with van der Waals surface area (Å²) in [5.41, 5.74) is 4.36. The molecule has 1 aliphatic heterocycles. The van der Waals surface area contributed by atoms with Crippen LogP contribution in [0, 0.1) is 0 Å². The van der Waals surface area contributed by atoms with Gasteiger partial charge in [0.15, 0.2) is 17.3 Å². The van der Waals surface area contributed by atoms with Gasteiger partial charge in [0.25, 0.3) is 0 Å². The molecule has 0 bridgehead atoms. The monoisotopic (exact) mass is 529 g/mol. The van der Waals surface area contributed by atoms with Gasteiger partial charge in [0, 0.05) is 46.2 Å². The second-order valence-electron chi connectivity index (χ2n) is 9.49. The Morgan fingerprint density at radius 1 is 1.00 bits per heavy atom. The van der Waals surface area contributed by atoms with Crippen LogP contribution in [0.1, 0.15) is 47.6 Å². The largest absolute Gasteiger partial charge is 0.493 e. The zero-order valence-electron chi connectivity index (χ0n) is 21.8. The zero-order chi connectivity index (χ0) is 26.6. The third-order valence-electron chi connectivity index (χ3n) is 7.20. The Hall–Kier alpha value is -3.84. The molecule has 0 radical (unpaired) electrons. The number of ketones is 1. The number of carbonyl (C=O) groups excluding carboxylic acids is 2. The Labute approximate surface area is 226 Å². The summed E-state index contributed by atoms with van der Waals surface area (Å²) in [5.74, 6) is 0.102. The smallest absolute Gasteiger partial charge is 0.336 e. The van der Waals surface area contributed by atoms with Crippen molar-refractivity contribution in [2.75, 3.05) is 20.8 Å². The Morgan fingerprint density at radius 2 is 1.82 bits per heavy atom. The number of ether oxygens (including phenoxy) is 3. The van der Waals surface area contributed by atoms with E-state index in [9.17, 15) is 9.59 Å². The van der Waals surface area contributed by atoms with E-state index in [0.717, 1.165) is 11.3 Å². The fourth-order valence-electron chi connectivity index (χ4n) is 5.47. The van der Waals surface area contributed by atoms with Crippen LogP contribution < -0.4 is 14.8 Å². The van der Waals surface area contributed by atoms with Gasteiger partial charge in [0.2, 0.25) is 0 Å². The van der Waals surface area contributed by atoms with E-state index in [4.69, 9.17) is 14.2 Å². The summed E-state index contributed by atoms with van der Waals surface area (Å²) in [6, 6.07) is 19.6. The normalized spacial score (nSPS) is 19.1. The number of benzene rings is 2. The van der Waals surface area contributed by atoms with Gasteiger partial charge in [-0.2, -0.15) is 0 Å². The minimum absolute atomic E-state index is 0.0223. The van der Waals surface area contributed by atoms with Gasteiger partial charge in [0.05, 0.1) is 32.3 Å². The van der Waals surface area contributed by atoms with E-state index in [0.29, 0.717) is 53.2 Å². The molecule has 38 heavy (non-hydrogen) atoms. The van der Waals surface area contributed by atoms with Crippen LogP contribution in [0.3, 0.4) is 0 Å². The number of hydrogen-bond acceptors (Lipinski definition) is 7. The molecular weight excluding hydrogens is 498 g/mol. The number of thiophene rings is 1. The molecule has 3 aromatic rings. The number of hydrogen-bond donors (Lipinski definition) is 1. The molecule has 7 heteroatoms. The topological polar surface area (TPSA) is 73.9 Å². The van der Waals surface area contributed by atoms with E-state index in [1.807, 2.05) is 66.9 Å². The van der Waals surface area contributed by atoms with E-state index >= 15 is 0 Å². The van der Waals surface area contributed by atoms with Crippen molar-refractivity contribution >= 4 is 23.1 Å². The van der Waals surface area contributed by atoms with E-state index in [1.54, 1.807) is 25.6 Å². The number of carbonyl (C=O) groups is 2. The number of Topliss-reactive ketones (excluding diaryl/α,β-unsaturated/α-hetero) is 1. The van der Waals surface area contributed by atoms with Gasteiger partial charge in [-0.1, -0.05) is 48.5 Å². The van der Waals surface area contributed by atoms with Crippen LogP contribution in [0.4, 0.5) is 0 Å². The number of esters is 1. The summed E-state index contributed by atoms with van der Waals surface area (Å²) in [4.78, 5) is 28.6. The van der Waals surface area contributed by atoms with Gasteiger partial charge in [0.1, 0.15) is 0 Å². The van der Waals surface area contributed by atoms with Crippen molar-refractivity contribution in [2.24, 2.45) is 0 Å². The van der Waals surface area contributed by atoms with Crippen LogP contribution in [-0.2, 0) is 20.7 Å². The maximum Gasteiger partial charge on any atom is 0.336 e. The maximum absolute atomic E-state index is 13.8. The fourth-order valence-corrected chi connectivity index (χ4v) is 6.30. The quantitative estimate of drug-likeness (QED) is 0.366. The van der Waals surface area contributed by atoms with Gasteiger partial charge in [-0.15, -0.1) is 11.3 Å². The highest BCUT2D eigenvalue weighted by Gasteiger charge is 2.43. The molecule has 1 aromatic heterocycles. The molecule has 0 amide bonds. The Balaban J connectivity index is 1.53. The molecule has 2 aliphatic rings. The molecule has 2 heterocycles. The van der Waals surface area contributed by atoms with Crippen LogP contribution in [-0.4, -0.2) is 32.6 Å². The predicted molar refractivity (Wildman–Crippen MR) is 148 cm³/mol. The van der Waals surface area contributed by atoms with Crippen molar-refractivity contribution in [2.45, 2.75) is 38.0 Å². The molecule has 0 unspecified atom stereocenters. The Morgan fingerprint density at radius 3 is 2.53 bits per heavy atom. The molecule has 2 atom stereocenters. The van der Waals surface area contributed by atoms with Crippen molar-refractivity contribution in [1.29, 1.82) is 0 Å². The predicted octanol–water partition coefficient (Wildman–Crippen LogP) is 5.91. The summed E-state index contributed by atoms with van der Waals surface area (Å²) in [7, 11) is 3.15. The minimum Gasteiger partial charge on any atom is -0.493 e. The van der Waals surface area contributed by atoms with Crippen molar-refractivity contribution in [1.82, 2.24) is 5.32 Å². The van der Waals surface area contributed by atoms with Crippen molar-refractivity contribution < 1.29 is 23.8 Å². The first-order valence-corrected chi connectivity index (χ1v) is 13.6. The van der Waals surface area contributed by atoms with E-state index in [2.05, 4.69) is 11.4 Å². The average molecular weight is 530 g/mol. The first kappa shape index (κ1) is 25.8. The second kappa shape index (κ2) is 11.3. The summed E-state index contributed by atoms with van der Waals surface area (Å²) < 4.78 is 17.1. The molecule has 0 spiro atoms. The summed E-state index contributed by atoms with van der Waals surface area (Å²) >= 11 is 1.67. The van der Waals surface area contributed by atoms with Crippen LogP contribution in [0.2, 0.25) is 0 Å². The molecule has 0 saturated carbocycles. The summed E-state index contributed by atoms with van der Waals surface area (Å²) in [5, 5.41) is 5.45. The van der Waals surface area contributed by atoms with E-state index < -0.39 is 11.9 Å². The SMILES string of the molecule is COc1cccc([C@@H]2C(C(=O)OCCc3ccccc3)=C(C)NC3=C2C(=O)C[C@H](c2cccs2)C3)c1OC. The lowest BCUT2D eigenvalue weighted by molar-refractivity contribution is -0.139. The zero-order valence-corrected chi connectivity index (χ0v) is 22.6. The summed E-state index contributed by atoms with van der Waals surface area (Å²) in [6.45, 7) is 2.11. The second-order valence-corrected chi connectivity index (χ2v) is 10.5. The van der Waals surface area contributed by atoms with E-state index in [-0.39, 0.29) is 18.3 Å². The molecule has 6 nitrogen and oxygen atoms in total. The van der Waals surface area contributed by atoms with Crippen LogP contribution in [0.25, 0.3) is 0 Å². The first-order valence-electron chi connectivity index (χ1n) is 12.7. The highest BCUT2D eigenvalue weighted by molar-refractivity contribution is 7.10. The number of para-hydroxylation sites is 1. The third-order valence-corrected chi connectivity index (χ3v) is 8.24. The molecule has 5 rings (SSSR count). The molecule has 0 saturated heterocycles. The molecular formula is C31H31NO5S. The number of rotatable bonds is 8. The van der Waals surface area contributed by atoms with Gasteiger partial charge in [-0.3, -0.25) is 4.79 Å². The van der Waals surface area contributed by atoms with Crippen molar-refractivity contribution in [3.8, 4) is 11.5 Å². The maximum atomic E-state index is 13.8. The lowest BCUT2D eigenvalue weighted by Gasteiger charge is -2.37. The average Bonchev–Trinajstić information content (AvgIpc) is 3.47. The Bertz CT molecular complexity index is 1390. The number of nitrogens with one attached hydrogen (secondary N) is 1. The molecule has 196 valence electrons. The Kier molecular flexibility index (Phi) is 7.65. The molecule has 1 N–H and O–H groups in total. The number of allylic oxidation sites excluding steroid dienone is 3. The lowest BCUT2D eigenvalue weighted by Crippen LogP contribution is -2.36. The molecule has 2 aromatic carbocycles. The number of methoxy groups -OCH3 is 2. The minimum atomic E-state index is -0.627. The molecule has 0 fully saturated rings. The summed E-state index contributed by atoms with van der Waals surface area (Å²) in [6.07, 6.45) is 1.69. The van der Waals surface area contributed by atoms with Crippen molar-refractivity contribution in [3.63, 3.8) is 0 Å². The fraction of sp³-hybridized carbons (Fsp3) is 0.290. The molecule has 1 aliphatic carbocycles. The first-order chi connectivity index (χ1) is 18.5.